The van der Waals surface area contributed by atoms with Crippen LogP contribution in [0.5, 0.6) is 17.2 Å². The van der Waals surface area contributed by atoms with E-state index in [0.29, 0.717) is 17.1 Å². The van der Waals surface area contributed by atoms with E-state index in [0.717, 1.165) is 0 Å². The van der Waals surface area contributed by atoms with Crippen molar-refractivity contribution < 1.29 is 32.5 Å². The summed E-state index contributed by atoms with van der Waals surface area (Å²) in [5.74, 6) is -2.24. The van der Waals surface area contributed by atoms with Crippen LogP contribution in [0.3, 0.4) is 0 Å². The summed E-state index contributed by atoms with van der Waals surface area (Å²) in [6.07, 6.45) is -7.38. The fraction of sp³-hybridized carbons (Fsp3) is 0.235. The van der Waals surface area contributed by atoms with Crippen LogP contribution in [-0.2, 0) is 11.2 Å². The van der Waals surface area contributed by atoms with Gasteiger partial charge in [0.1, 0.15) is 23.2 Å². The third-order valence-corrected chi connectivity index (χ3v) is 3.71. The number of hydrogen-bond donors (Lipinski definition) is 1. The molecule has 4 nitrogen and oxygen atoms in total. The van der Waals surface area contributed by atoms with Gasteiger partial charge >= 0.3 is 12.1 Å². The van der Waals surface area contributed by atoms with Crippen molar-refractivity contribution in [3.63, 3.8) is 0 Å². The van der Waals surface area contributed by atoms with Gasteiger partial charge in [-0.2, -0.15) is 13.2 Å². The van der Waals surface area contributed by atoms with Crippen LogP contribution in [0.25, 0.3) is 0 Å². The van der Waals surface area contributed by atoms with Gasteiger partial charge in [0.15, 0.2) is 0 Å². The van der Waals surface area contributed by atoms with Crippen LogP contribution in [0.4, 0.5) is 13.2 Å². The molecule has 0 aromatic heterocycles. The Morgan fingerprint density at radius 1 is 1.12 bits per heavy atom. The SMILES string of the molecule is O=C(O)[C@@H]1Cc2cc(Oc3ccccc3)ccc2O[C@@H]1C(F)(F)F. The second-order valence-corrected chi connectivity index (χ2v) is 5.41. The molecule has 1 aliphatic heterocycles. The molecule has 0 bridgehead atoms. The first-order chi connectivity index (χ1) is 11.3. The molecule has 1 heterocycles. The molecule has 2 aromatic rings. The Morgan fingerprint density at radius 3 is 2.46 bits per heavy atom. The molecule has 0 spiro atoms. The van der Waals surface area contributed by atoms with Crippen molar-refractivity contribution in [2.75, 3.05) is 0 Å². The van der Waals surface area contributed by atoms with Crippen LogP contribution in [-0.4, -0.2) is 23.4 Å². The molecule has 0 unspecified atom stereocenters. The maximum Gasteiger partial charge on any atom is 0.426 e. The number of hydrogen-bond acceptors (Lipinski definition) is 3. The predicted molar refractivity (Wildman–Crippen MR) is 78.3 cm³/mol. The molecule has 7 heteroatoms. The van der Waals surface area contributed by atoms with E-state index in [-0.39, 0.29) is 12.2 Å². The Morgan fingerprint density at radius 2 is 1.83 bits per heavy atom. The summed E-state index contributed by atoms with van der Waals surface area (Å²) in [4.78, 5) is 11.2. The highest BCUT2D eigenvalue weighted by Crippen LogP contribution is 2.40. The average molecular weight is 338 g/mol. The average Bonchev–Trinajstić information content (AvgIpc) is 2.53. The van der Waals surface area contributed by atoms with E-state index in [9.17, 15) is 18.0 Å². The van der Waals surface area contributed by atoms with Gasteiger partial charge in [0, 0.05) is 0 Å². The van der Waals surface area contributed by atoms with Gasteiger partial charge < -0.3 is 14.6 Å². The zero-order valence-corrected chi connectivity index (χ0v) is 12.3. The zero-order chi connectivity index (χ0) is 17.3. The number of fused-ring (bicyclic) bond motifs is 1. The van der Waals surface area contributed by atoms with Crippen LogP contribution in [0, 0.1) is 5.92 Å². The quantitative estimate of drug-likeness (QED) is 0.917. The molecule has 0 fully saturated rings. The number of benzene rings is 2. The molecule has 2 aromatic carbocycles. The Balaban J connectivity index is 1.88. The van der Waals surface area contributed by atoms with E-state index in [4.69, 9.17) is 14.6 Å². The first-order valence-corrected chi connectivity index (χ1v) is 7.16. The van der Waals surface area contributed by atoms with Crippen LogP contribution in [0.15, 0.2) is 48.5 Å². The number of carboxylic acid groups (broad SMARTS) is 1. The van der Waals surface area contributed by atoms with Gasteiger partial charge in [-0.3, -0.25) is 4.79 Å². The topological polar surface area (TPSA) is 55.8 Å². The van der Waals surface area contributed by atoms with E-state index in [1.165, 1.54) is 18.2 Å². The summed E-state index contributed by atoms with van der Waals surface area (Å²) < 4.78 is 49.5. The monoisotopic (exact) mass is 338 g/mol. The first-order valence-electron chi connectivity index (χ1n) is 7.16. The second-order valence-electron chi connectivity index (χ2n) is 5.41. The number of halogens is 3. The molecular formula is C17H13F3O4. The largest absolute Gasteiger partial charge is 0.481 e. The fourth-order valence-electron chi connectivity index (χ4n) is 2.59. The lowest BCUT2D eigenvalue weighted by molar-refractivity contribution is -0.217. The van der Waals surface area contributed by atoms with Crippen molar-refractivity contribution in [3.05, 3.63) is 54.1 Å². The number of alkyl halides is 3. The van der Waals surface area contributed by atoms with Crippen LogP contribution < -0.4 is 9.47 Å². The Kier molecular flexibility index (Phi) is 4.09. The van der Waals surface area contributed by atoms with Crippen molar-refractivity contribution in [1.29, 1.82) is 0 Å². The summed E-state index contributed by atoms with van der Waals surface area (Å²) in [7, 11) is 0. The van der Waals surface area contributed by atoms with Crippen LogP contribution in [0.2, 0.25) is 0 Å². The lowest BCUT2D eigenvalue weighted by atomic mass is 9.90. The van der Waals surface area contributed by atoms with Crippen molar-refractivity contribution in [1.82, 2.24) is 0 Å². The normalized spacial score (nSPS) is 20.0. The van der Waals surface area contributed by atoms with E-state index in [1.54, 1.807) is 24.3 Å². The molecule has 1 N–H and O–H groups in total. The van der Waals surface area contributed by atoms with E-state index < -0.39 is 24.2 Å². The molecule has 3 rings (SSSR count). The number of rotatable bonds is 3. The van der Waals surface area contributed by atoms with E-state index in [1.807, 2.05) is 6.07 Å². The highest BCUT2D eigenvalue weighted by atomic mass is 19.4. The fourth-order valence-corrected chi connectivity index (χ4v) is 2.59. The highest BCUT2D eigenvalue weighted by molar-refractivity contribution is 5.72. The van der Waals surface area contributed by atoms with Crippen molar-refractivity contribution in [3.8, 4) is 17.2 Å². The lowest BCUT2D eigenvalue weighted by Crippen LogP contribution is -2.47. The number of para-hydroxylation sites is 1. The summed E-state index contributed by atoms with van der Waals surface area (Å²) in [6, 6.07) is 13.2. The van der Waals surface area contributed by atoms with E-state index in [2.05, 4.69) is 0 Å². The molecule has 0 aliphatic carbocycles. The minimum absolute atomic E-state index is 0.0234. The molecule has 2 atom stereocenters. The standard InChI is InChI=1S/C17H13F3O4/c18-17(19,20)15-13(16(21)22)9-10-8-12(6-7-14(10)24-15)23-11-4-2-1-3-5-11/h1-8,13,15H,9H2,(H,21,22)/t13-,15+/m1/s1. The smallest absolute Gasteiger partial charge is 0.426 e. The van der Waals surface area contributed by atoms with Crippen LogP contribution >= 0.6 is 0 Å². The minimum Gasteiger partial charge on any atom is -0.481 e. The van der Waals surface area contributed by atoms with E-state index >= 15 is 0 Å². The highest BCUT2D eigenvalue weighted by Gasteiger charge is 2.52. The molecule has 0 amide bonds. The molecule has 0 saturated heterocycles. The summed E-state index contributed by atoms with van der Waals surface area (Å²) in [5.41, 5.74) is 0.372. The van der Waals surface area contributed by atoms with Crippen molar-refractivity contribution in [2.45, 2.75) is 18.7 Å². The number of aliphatic carboxylic acids is 1. The number of carbonyl (C=O) groups is 1. The second kappa shape index (κ2) is 6.07. The third kappa shape index (κ3) is 3.29. The van der Waals surface area contributed by atoms with Gasteiger partial charge in [0.05, 0.1) is 0 Å². The molecule has 126 valence electrons. The zero-order valence-electron chi connectivity index (χ0n) is 12.3. The Hall–Kier alpha value is -2.70. The lowest BCUT2D eigenvalue weighted by Gasteiger charge is -2.32. The minimum atomic E-state index is -4.75. The molecular weight excluding hydrogens is 325 g/mol. The summed E-state index contributed by atoms with van der Waals surface area (Å²) >= 11 is 0. The Labute approximate surface area is 135 Å². The van der Waals surface area contributed by atoms with Crippen molar-refractivity contribution >= 4 is 5.97 Å². The maximum atomic E-state index is 13.0. The van der Waals surface area contributed by atoms with Gasteiger partial charge in [0.25, 0.3) is 0 Å². The molecule has 24 heavy (non-hydrogen) atoms. The molecule has 0 saturated carbocycles. The maximum absolute atomic E-state index is 13.0. The van der Waals surface area contributed by atoms with Gasteiger partial charge in [-0.1, -0.05) is 18.2 Å². The third-order valence-electron chi connectivity index (χ3n) is 3.71. The molecule has 1 aliphatic rings. The van der Waals surface area contributed by atoms with Gasteiger partial charge in [-0.25, -0.2) is 0 Å². The van der Waals surface area contributed by atoms with Gasteiger partial charge in [0.2, 0.25) is 6.10 Å². The number of ether oxygens (including phenoxy) is 2. The summed E-state index contributed by atoms with van der Waals surface area (Å²) in [6.45, 7) is 0. The van der Waals surface area contributed by atoms with Crippen molar-refractivity contribution in [2.24, 2.45) is 5.92 Å². The van der Waals surface area contributed by atoms with Gasteiger partial charge in [-0.05, 0) is 42.3 Å². The first kappa shape index (κ1) is 16.2. The molecule has 0 radical (unpaired) electrons. The summed E-state index contributed by atoms with van der Waals surface area (Å²) in [5, 5.41) is 9.09. The van der Waals surface area contributed by atoms with Gasteiger partial charge in [-0.15, -0.1) is 0 Å². The Bertz CT molecular complexity index is 743. The number of carboxylic acids is 1. The predicted octanol–water partition coefficient (Wildman–Crippen LogP) is 4.05. The van der Waals surface area contributed by atoms with Crippen LogP contribution in [0.1, 0.15) is 5.56 Å².